The third-order valence-corrected chi connectivity index (χ3v) is 3.75. The zero-order valence-corrected chi connectivity index (χ0v) is 11.7. The Morgan fingerprint density at radius 2 is 2.05 bits per heavy atom. The van der Waals surface area contributed by atoms with Gasteiger partial charge >= 0.3 is 0 Å². The van der Waals surface area contributed by atoms with Crippen molar-refractivity contribution in [1.82, 2.24) is 0 Å². The quantitative estimate of drug-likeness (QED) is 0.783. The van der Waals surface area contributed by atoms with Gasteiger partial charge in [0.15, 0.2) is 0 Å². The highest BCUT2D eigenvalue weighted by Crippen LogP contribution is 2.30. The molecule has 2 nitrogen and oxygen atoms in total. The maximum atomic E-state index is 13.3. The van der Waals surface area contributed by atoms with Crippen molar-refractivity contribution < 1.29 is 9.18 Å². The molecule has 2 aromatic rings. The number of nitrogens with zero attached hydrogens (tertiary/aromatic N) is 1. The standard InChI is InChI=1S/C15H11BrFNO/c16-12-3-1-2-11(8-12)15(19)18-7-6-10-4-5-13(17)9-14(10)18/h1-5,8-9H,6-7H2. The summed E-state index contributed by atoms with van der Waals surface area (Å²) < 4.78 is 14.2. The molecule has 3 rings (SSSR count). The SMILES string of the molecule is O=C(c1cccc(Br)c1)N1CCc2ccc(F)cc21. The highest BCUT2D eigenvalue weighted by molar-refractivity contribution is 9.10. The molecule has 19 heavy (non-hydrogen) atoms. The molecule has 0 fully saturated rings. The maximum Gasteiger partial charge on any atom is 0.258 e. The van der Waals surface area contributed by atoms with Gasteiger partial charge in [-0.25, -0.2) is 4.39 Å². The Morgan fingerprint density at radius 1 is 1.21 bits per heavy atom. The van der Waals surface area contributed by atoms with E-state index in [1.807, 2.05) is 12.1 Å². The molecule has 4 heteroatoms. The van der Waals surface area contributed by atoms with E-state index in [2.05, 4.69) is 15.9 Å². The molecule has 1 aliphatic heterocycles. The van der Waals surface area contributed by atoms with Crippen molar-refractivity contribution in [3.05, 3.63) is 63.9 Å². The minimum absolute atomic E-state index is 0.0920. The third-order valence-electron chi connectivity index (χ3n) is 3.26. The molecule has 0 radical (unpaired) electrons. The lowest BCUT2D eigenvalue weighted by Gasteiger charge is -2.17. The van der Waals surface area contributed by atoms with Crippen LogP contribution in [0.4, 0.5) is 10.1 Å². The largest absolute Gasteiger partial charge is 0.308 e. The van der Waals surface area contributed by atoms with E-state index in [4.69, 9.17) is 0 Å². The lowest BCUT2D eigenvalue weighted by Crippen LogP contribution is -2.28. The minimum atomic E-state index is -0.312. The first-order chi connectivity index (χ1) is 9.15. The number of anilines is 1. The van der Waals surface area contributed by atoms with Gasteiger partial charge in [-0.2, -0.15) is 0 Å². The summed E-state index contributed by atoms with van der Waals surface area (Å²) in [7, 11) is 0. The summed E-state index contributed by atoms with van der Waals surface area (Å²) in [6.07, 6.45) is 0.773. The zero-order valence-electron chi connectivity index (χ0n) is 10.1. The molecule has 96 valence electrons. The van der Waals surface area contributed by atoms with Crippen LogP contribution in [0.3, 0.4) is 0 Å². The molecular weight excluding hydrogens is 309 g/mol. The van der Waals surface area contributed by atoms with E-state index in [-0.39, 0.29) is 11.7 Å². The van der Waals surface area contributed by atoms with E-state index in [1.165, 1.54) is 12.1 Å². The Bertz CT molecular complexity index is 656. The van der Waals surface area contributed by atoms with Crippen LogP contribution in [0, 0.1) is 5.82 Å². The van der Waals surface area contributed by atoms with E-state index in [1.54, 1.807) is 23.1 Å². The Morgan fingerprint density at radius 3 is 2.84 bits per heavy atom. The fraction of sp³-hybridized carbons (Fsp3) is 0.133. The number of hydrogen-bond acceptors (Lipinski definition) is 1. The van der Waals surface area contributed by atoms with Gasteiger partial charge in [-0.05, 0) is 42.3 Å². The van der Waals surface area contributed by atoms with Crippen LogP contribution >= 0.6 is 15.9 Å². The number of rotatable bonds is 1. The van der Waals surface area contributed by atoms with Crippen molar-refractivity contribution in [1.29, 1.82) is 0 Å². The van der Waals surface area contributed by atoms with Crippen LogP contribution in [0.1, 0.15) is 15.9 Å². The van der Waals surface area contributed by atoms with Gasteiger partial charge in [0.1, 0.15) is 5.82 Å². The van der Waals surface area contributed by atoms with Crippen LogP contribution < -0.4 is 4.90 Å². The second-order valence-corrected chi connectivity index (χ2v) is 5.41. The molecule has 1 aliphatic rings. The number of fused-ring (bicyclic) bond motifs is 1. The molecule has 0 aliphatic carbocycles. The van der Waals surface area contributed by atoms with Crippen molar-refractivity contribution in [2.75, 3.05) is 11.4 Å². The Hall–Kier alpha value is -1.68. The third kappa shape index (κ3) is 2.28. The summed E-state index contributed by atoms with van der Waals surface area (Å²) in [5, 5.41) is 0. The Labute approximate surface area is 119 Å². The van der Waals surface area contributed by atoms with Gasteiger partial charge in [-0.15, -0.1) is 0 Å². The highest BCUT2D eigenvalue weighted by atomic mass is 79.9. The second kappa shape index (κ2) is 4.78. The first-order valence-corrected chi connectivity index (χ1v) is 6.80. The summed E-state index contributed by atoms with van der Waals surface area (Å²) in [6.45, 7) is 0.601. The average Bonchev–Trinajstić information content (AvgIpc) is 2.80. The fourth-order valence-electron chi connectivity index (χ4n) is 2.34. The first-order valence-electron chi connectivity index (χ1n) is 6.01. The summed E-state index contributed by atoms with van der Waals surface area (Å²) in [5.41, 5.74) is 2.31. The predicted molar refractivity (Wildman–Crippen MR) is 75.9 cm³/mol. The van der Waals surface area contributed by atoms with Crippen LogP contribution in [0.15, 0.2) is 46.9 Å². The van der Waals surface area contributed by atoms with Gasteiger partial charge in [0.2, 0.25) is 0 Å². The Kier molecular flexibility index (Phi) is 3.11. The highest BCUT2D eigenvalue weighted by Gasteiger charge is 2.25. The second-order valence-electron chi connectivity index (χ2n) is 4.49. The van der Waals surface area contributed by atoms with Crippen LogP contribution in [-0.2, 0) is 6.42 Å². The Balaban J connectivity index is 1.97. The van der Waals surface area contributed by atoms with Crippen LogP contribution in [0.25, 0.3) is 0 Å². The molecule has 0 spiro atoms. The van der Waals surface area contributed by atoms with Crippen molar-refractivity contribution in [3.63, 3.8) is 0 Å². The summed E-state index contributed by atoms with van der Waals surface area (Å²) >= 11 is 3.35. The lowest BCUT2D eigenvalue weighted by atomic mass is 10.1. The van der Waals surface area contributed by atoms with Crippen molar-refractivity contribution in [2.45, 2.75) is 6.42 Å². The van der Waals surface area contributed by atoms with Crippen LogP contribution in [0.5, 0.6) is 0 Å². The summed E-state index contributed by atoms with van der Waals surface area (Å²) in [5.74, 6) is -0.404. The van der Waals surface area contributed by atoms with Crippen LogP contribution in [-0.4, -0.2) is 12.5 Å². The van der Waals surface area contributed by atoms with Gasteiger partial charge in [-0.1, -0.05) is 28.1 Å². The summed E-state index contributed by atoms with van der Waals surface area (Å²) in [4.78, 5) is 14.1. The average molecular weight is 320 g/mol. The predicted octanol–water partition coefficient (Wildman–Crippen LogP) is 3.79. The molecular formula is C15H11BrFNO. The van der Waals surface area contributed by atoms with Gasteiger partial charge in [0.05, 0.1) is 5.69 Å². The number of carbonyl (C=O) groups excluding carboxylic acids is 1. The molecule has 0 saturated carbocycles. The molecule has 0 aromatic heterocycles. The van der Waals surface area contributed by atoms with Crippen molar-refractivity contribution in [2.24, 2.45) is 0 Å². The van der Waals surface area contributed by atoms with E-state index >= 15 is 0 Å². The first kappa shape index (κ1) is 12.4. The molecule has 2 aromatic carbocycles. The zero-order chi connectivity index (χ0) is 13.4. The lowest BCUT2D eigenvalue weighted by molar-refractivity contribution is 0.0989. The number of hydrogen-bond donors (Lipinski definition) is 0. The van der Waals surface area contributed by atoms with Crippen molar-refractivity contribution in [3.8, 4) is 0 Å². The topological polar surface area (TPSA) is 20.3 Å². The van der Waals surface area contributed by atoms with Gasteiger partial charge in [0, 0.05) is 16.6 Å². The maximum absolute atomic E-state index is 13.3. The minimum Gasteiger partial charge on any atom is -0.308 e. The van der Waals surface area contributed by atoms with E-state index in [0.717, 1.165) is 16.5 Å². The number of carbonyl (C=O) groups is 1. The van der Waals surface area contributed by atoms with Gasteiger partial charge < -0.3 is 4.90 Å². The van der Waals surface area contributed by atoms with Crippen LogP contribution in [0.2, 0.25) is 0 Å². The molecule has 0 bridgehead atoms. The molecule has 0 unspecified atom stereocenters. The fourth-order valence-corrected chi connectivity index (χ4v) is 2.74. The number of amides is 1. The van der Waals surface area contributed by atoms with Crippen molar-refractivity contribution >= 4 is 27.5 Å². The van der Waals surface area contributed by atoms with Gasteiger partial charge in [0.25, 0.3) is 5.91 Å². The summed E-state index contributed by atoms with van der Waals surface area (Å²) in [6, 6.07) is 11.8. The molecule has 0 saturated heterocycles. The molecule has 0 N–H and O–H groups in total. The number of halogens is 2. The normalized spacial score (nSPS) is 13.5. The smallest absolute Gasteiger partial charge is 0.258 e. The molecule has 1 amide bonds. The number of benzene rings is 2. The van der Waals surface area contributed by atoms with E-state index in [0.29, 0.717) is 17.8 Å². The van der Waals surface area contributed by atoms with E-state index in [9.17, 15) is 9.18 Å². The van der Waals surface area contributed by atoms with Gasteiger partial charge in [-0.3, -0.25) is 4.79 Å². The monoisotopic (exact) mass is 319 g/mol. The molecule has 1 heterocycles. The molecule has 0 atom stereocenters. The van der Waals surface area contributed by atoms with E-state index < -0.39 is 0 Å².